The largest absolute Gasteiger partial charge is 0.389 e. The average Bonchev–Trinajstić information content (AvgIpc) is 2.68. The molecule has 0 spiro atoms. The van der Waals surface area contributed by atoms with Gasteiger partial charge in [-0.25, -0.2) is 9.97 Å². The van der Waals surface area contributed by atoms with Crippen LogP contribution >= 0.6 is 0 Å². The number of likely N-dealkylation sites (tertiary alicyclic amines) is 1. The van der Waals surface area contributed by atoms with E-state index in [0.717, 1.165) is 38.0 Å². The fraction of sp³-hybridized carbons (Fsp3) is 0.524. The highest BCUT2D eigenvalue weighted by Gasteiger charge is 2.45. The van der Waals surface area contributed by atoms with Crippen LogP contribution in [-0.2, 0) is 12.1 Å². The number of rotatable bonds is 7. The maximum Gasteiger partial charge on any atom is 0.222 e. The van der Waals surface area contributed by atoms with Gasteiger partial charge in [0.05, 0.1) is 11.6 Å². The van der Waals surface area contributed by atoms with Crippen LogP contribution in [0.5, 0.6) is 0 Å². The molecule has 2 atom stereocenters. The first-order valence-electron chi connectivity index (χ1n) is 9.74. The molecule has 1 saturated heterocycles. The third kappa shape index (κ3) is 4.29. The summed E-state index contributed by atoms with van der Waals surface area (Å²) >= 11 is 0. The Hall–Kier alpha value is -2.02. The number of likely N-dealkylation sites (N-methyl/N-ethyl adjacent to an activating group) is 1. The first kappa shape index (κ1) is 19.7. The number of hydrogen-bond donors (Lipinski definition) is 2. The number of nitrogens with zero attached hydrogens (tertiary/aromatic N) is 4. The Balaban J connectivity index is 1.67. The molecule has 2 aromatic rings. The number of aliphatic hydroxyl groups excluding tert-OH is 1. The van der Waals surface area contributed by atoms with Crippen LogP contribution in [0.4, 0.5) is 5.95 Å². The number of aromatic nitrogens is 2. The van der Waals surface area contributed by atoms with Gasteiger partial charge in [-0.05, 0) is 32.5 Å². The average molecular weight is 370 g/mol. The summed E-state index contributed by atoms with van der Waals surface area (Å²) in [6.07, 6.45) is 5.22. The highest BCUT2D eigenvalue weighted by molar-refractivity contribution is 5.28. The Kier molecular flexibility index (Phi) is 6.42. The molecule has 2 N–H and O–H groups in total. The number of nitrogens with one attached hydrogen (secondary N) is 1. The summed E-state index contributed by atoms with van der Waals surface area (Å²) in [5, 5.41) is 14.3. The van der Waals surface area contributed by atoms with E-state index in [1.54, 1.807) is 0 Å². The molecule has 3 rings (SSSR count). The lowest BCUT2D eigenvalue weighted by Crippen LogP contribution is -2.59. The first-order chi connectivity index (χ1) is 13.1. The minimum Gasteiger partial charge on any atom is -0.389 e. The molecule has 0 unspecified atom stereocenters. The molecule has 2 heterocycles. The molecule has 1 fully saturated rings. The maximum atomic E-state index is 11.1. The van der Waals surface area contributed by atoms with E-state index in [1.165, 1.54) is 5.56 Å². The molecule has 1 aromatic heterocycles. The van der Waals surface area contributed by atoms with Crippen LogP contribution in [0.2, 0.25) is 0 Å². The molecule has 0 aliphatic carbocycles. The lowest BCUT2D eigenvalue weighted by Gasteiger charge is -2.50. The quantitative estimate of drug-likeness (QED) is 0.781. The zero-order valence-electron chi connectivity index (χ0n) is 16.6. The van der Waals surface area contributed by atoms with Gasteiger partial charge in [-0.1, -0.05) is 37.3 Å². The molecule has 6 heteroatoms. The Bertz CT molecular complexity index is 706. The van der Waals surface area contributed by atoms with E-state index in [1.807, 2.05) is 30.6 Å². The van der Waals surface area contributed by atoms with Gasteiger partial charge in [0.25, 0.3) is 0 Å². The molecule has 27 heavy (non-hydrogen) atoms. The molecular formula is C21H31N5O. The molecule has 0 bridgehead atoms. The van der Waals surface area contributed by atoms with Gasteiger partial charge in [0.15, 0.2) is 0 Å². The van der Waals surface area contributed by atoms with Crippen molar-refractivity contribution in [3.05, 3.63) is 53.9 Å². The molecule has 0 radical (unpaired) electrons. The normalized spacial score (nSPS) is 23.5. The van der Waals surface area contributed by atoms with Gasteiger partial charge < -0.3 is 10.4 Å². The number of benzene rings is 1. The maximum absolute atomic E-state index is 11.1. The summed E-state index contributed by atoms with van der Waals surface area (Å²) < 4.78 is 0. The van der Waals surface area contributed by atoms with Gasteiger partial charge in [-0.15, -0.1) is 0 Å². The first-order valence-corrected chi connectivity index (χ1v) is 9.74. The molecule has 1 aliphatic heterocycles. The predicted octanol–water partition coefficient (Wildman–Crippen LogP) is 2.32. The number of piperidine rings is 1. The van der Waals surface area contributed by atoms with Crippen LogP contribution in [-0.4, -0.2) is 64.7 Å². The van der Waals surface area contributed by atoms with Crippen LogP contribution in [0.15, 0.2) is 42.7 Å². The zero-order chi connectivity index (χ0) is 19.3. The van der Waals surface area contributed by atoms with Crippen molar-refractivity contribution < 1.29 is 5.11 Å². The van der Waals surface area contributed by atoms with E-state index in [0.29, 0.717) is 12.5 Å². The Labute approximate surface area is 162 Å². The Morgan fingerprint density at radius 2 is 1.93 bits per heavy atom. The van der Waals surface area contributed by atoms with Crippen molar-refractivity contribution in [2.45, 2.75) is 38.0 Å². The zero-order valence-corrected chi connectivity index (χ0v) is 16.6. The van der Waals surface area contributed by atoms with Crippen LogP contribution in [0.3, 0.4) is 0 Å². The topological polar surface area (TPSA) is 64.5 Å². The van der Waals surface area contributed by atoms with E-state index >= 15 is 0 Å². The van der Waals surface area contributed by atoms with Gasteiger partial charge in [-0.2, -0.15) is 0 Å². The van der Waals surface area contributed by atoms with Gasteiger partial charge in [0.1, 0.15) is 0 Å². The lowest BCUT2D eigenvalue weighted by molar-refractivity contribution is -0.0703. The minimum atomic E-state index is -0.463. The Morgan fingerprint density at radius 3 is 2.52 bits per heavy atom. The third-order valence-electron chi connectivity index (χ3n) is 5.51. The van der Waals surface area contributed by atoms with Crippen molar-refractivity contribution >= 4 is 5.95 Å². The van der Waals surface area contributed by atoms with Crippen molar-refractivity contribution in [3.8, 4) is 0 Å². The highest BCUT2D eigenvalue weighted by Crippen LogP contribution is 2.37. The SMILES string of the molecule is CCCNc1ncc(CN2CC[C@@](c3ccccc3)(N(C)C)[C@H](O)C2)cn1. The minimum absolute atomic E-state index is 0.345. The fourth-order valence-electron chi connectivity index (χ4n) is 3.99. The second kappa shape index (κ2) is 8.78. The van der Waals surface area contributed by atoms with Crippen molar-refractivity contribution in [1.29, 1.82) is 0 Å². The number of hydrogen-bond acceptors (Lipinski definition) is 6. The van der Waals surface area contributed by atoms with E-state index < -0.39 is 6.10 Å². The van der Waals surface area contributed by atoms with E-state index in [2.05, 4.69) is 58.2 Å². The molecule has 0 saturated carbocycles. The second-order valence-corrected chi connectivity index (χ2v) is 7.53. The van der Waals surface area contributed by atoms with E-state index in [4.69, 9.17) is 0 Å². The summed E-state index contributed by atoms with van der Waals surface area (Å²) in [5.41, 5.74) is 1.90. The van der Waals surface area contributed by atoms with Crippen LogP contribution in [0, 0.1) is 0 Å². The summed E-state index contributed by atoms with van der Waals surface area (Å²) in [5.74, 6) is 0.676. The smallest absolute Gasteiger partial charge is 0.222 e. The molecule has 0 amide bonds. The number of anilines is 1. The van der Waals surface area contributed by atoms with Crippen molar-refractivity contribution in [3.63, 3.8) is 0 Å². The number of aliphatic hydroxyl groups is 1. The summed E-state index contributed by atoms with van der Waals surface area (Å²) in [6.45, 7) is 5.29. The predicted molar refractivity (Wildman–Crippen MR) is 109 cm³/mol. The second-order valence-electron chi connectivity index (χ2n) is 7.53. The van der Waals surface area contributed by atoms with Gasteiger partial charge >= 0.3 is 0 Å². The molecule has 6 nitrogen and oxygen atoms in total. The Morgan fingerprint density at radius 1 is 1.22 bits per heavy atom. The van der Waals surface area contributed by atoms with Crippen molar-refractivity contribution in [2.24, 2.45) is 0 Å². The third-order valence-corrected chi connectivity index (χ3v) is 5.51. The van der Waals surface area contributed by atoms with Gasteiger partial charge in [0.2, 0.25) is 5.95 Å². The van der Waals surface area contributed by atoms with Gasteiger partial charge in [0, 0.05) is 44.1 Å². The van der Waals surface area contributed by atoms with E-state index in [9.17, 15) is 5.11 Å². The van der Waals surface area contributed by atoms with Crippen LogP contribution in [0.25, 0.3) is 0 Å². The van der Waals surface area contributed by atoms with Crippen LogP contribution < -0.4 is 5.32 Å². The molecule has 1 aromatic carbocycles. The molecule has 146 valence electrons. The number of β-amino-alcohol motifs (C(OH)–C–C–N with tert-alkyl or cyclic N) is 1. The van der Waals surface area contributed by atoms with Crippen molar-refractivity contribution in [2.75, 3.05) is 39.0 Å². The summed E-state index contributed by atoms with van der Waals surface area (Å²) in [4.78, 5) is 13.2. The molecular weight excluding hydrogens is 338 g/mol. The standard InChI is InChI=1S/C21H31N5O/c1-4-11-22-20-23-13-17(14-24-20)15-26-12-10-21(25(2)3,19(27)16-26)18-8-6-5-7-9-18/h5-9,13-14,19,27H,4,10-12,15-16H2,1-3H3,(H,22,23,24)/t19-,21+/m1/s1. The lowest BCUT2D eigenvalue weighted by atomic mass is 9.77. The van der Waals surface area contributed by atoms with Gasteiger partial charge in [-0.3, -0.25) is 9.80 Å². The highest BCUT2D eigenvalue weighted by atomic mass is 16.3. The fourth-order valence-corrected chi connectivity index (χ4v) is 3.99. The van der Waals surface area contributed by atoms with Crippen LogP contribution in [0.1, 0.15) is 30.9 Å². The van der Waals surface area contributed by atoms with E-state index in [-0.39, 0.29) is 5.54 Å². The molecule has 1 aliphatic rings. The summed E-state index contributed by atoms with van der Waals surface area (Å²) in [7, 11) is 4.11. The summed E-state index contributed by atoms with van der Waals surface area (Å²) in [6, 6.07) is 10.4. The van der Waals surface area contributed by atoms with Crippen molar-refractivity contribution in [1.82, 2.24) is 19.8 Å². The monoisotopic (exact) mass is 369 g/mol.